The van der Waals surface area contributed by atoms with Crippen molar-refractivity contribution in [3.05, 3.63) is 46.7 Å². The van der Waals surface area contributed by atoms with Gasteiger partial charge < -0.3 is 10.4 Å². The van der Waals surface area contributed by atoms with Crippen molar-refractivity contribution in [1.29, 1.82) is 5.26 Å². The van der Waals surface area contributed by atoms with Gasteiger partial charge in [0, 0.05) is 5.70 Å². The lowest BCUT2D eigenvalue weighted by molar-refractivity contribution is -0.137. The monoisotopic (exact) mass is 325 g/mol. The molecule has 6 nitrogen and oxygen atoms in total. The maximum absolute atomic E-state index is 12.8. The summed E-state index contributed by atoms with van der Waals surface area (Å²) in [6.45, 7) is 1.37. The van der Waals surface area contributed by atoms with Crippen molar-refractivity contribution in [2.45, 2.75) is 19.1 Å². The Morgan fingerprint density at radius 2 is 2.09 bits per heavy atom. The van der Waals surface area contributed by atoms with E-state index >= 15 is 0 Å². The smallest absolute Gasteiger partial charge is 0.416 e. The molecular weight excluding hydrogens is 315 g/mol. The Balaban J connectivity index is 2.65. The van der Waals surface area contributed by atoms with Crippen molar-refractivity contribution >= 4 is 12.1 Å². The highest BCUT2D eigenvalue weighted by Gasteiger charge is 2.40. The van der Waals surface area contributed by atoms with Crippen LogP contribution in [0.15, 0.2) is 35.5 Å². The van der Waals surface area contributed by atoms with Gasteiger partial charge in [0.25, 0.3) is 0 Å². The molecule has 1 atom stereocenters. The number of imide groups is 1. The number of benzene rings is 1. The van der Waals surface area contributed by atoms with Crippen molar-refractivity contribution in [3.8, 4) is 6.07 Å². The van der Waals surface area contributed by atoms with Gasteiger partial charge in [0.1, 0.15) is 6.04 Å². The molecule has 9 heteroatoms. The fourth-order valence-electron chi connectivity index (χ4n) is 2.28. The van der Waals surface area contributed by atoms with Crippen molar-refractivity contribution in [3.63, 3.8) is 0 Å². The molecule has 2 rings (SSSR count). The second kappa shape index (κ2) is 5.64. The van der Waals surface area contributed by atoms with Crippen LogP contribution in [-0.2, 0) is 6.18 Å². The van der Waals surface area contributed by atoms with E-state index in [1.54, 1.807) is 6.07 Å². The number of amides is 3. The highest BCUT2D eigenvalue weighted by Crippen LogP contribution is 2.36. The molecule has 120 valence electrons. The zero-order chi connectivity index (χ0) is 17.4. The summed E-state index contributed by atoms with van der Waals surface area (Å²) in [5.41, 5.74) is -1.17. The number of alkyl halides is 3. The third-order valence-electron chi connectivity index (χ3n) is 3.31. The maximum atomic E-state index is 12.8. The third-order valence-corrected chi connectivity index (χ3v) is 3.31. The average Bonchev–Trinajstić information content (AvgIpc) is 2.45. The van der Waals surface area contributed by atoms with Gasteiger partial charge in [-0.1, -0.05) is 12.1 Å². The van der Waals surface area contributed by atoms with E-state index in [2.05, 4.69) is 5.32 Å². The third kappa shape index (κ3) is 2.96. The van der Waals surface area contributed by atoms with Crippen molar-refractivity contribution in [2.75, 3.05) is 0 Å². The van der Waals surface area contributed by atoms with E-state index in [1.807, 2.05) is 0 Å². The van der Waals surface area contributed by atoms with Gasteiger partial charge in [-0.3, -0.25) is 0 Å². The number of carboxylic acid groups (broad SMARTS) is 1. The highest BCUT2D eigenvalue weighted by molar-refractivity contribution is 5.93. The van der Waals surface area contributed by atoms with Gasteiger partial charge in [0.2, 0.25) is 0 Å². The van der Waals surface area contributed by atoms with Gasteiger partial charge in [0.05, 0.1) is 17.2 Å². The summed E-state index contributed by atoms with van der Waals surface area (Å²) in [4.78, 5) is 23.4. The molecule has 0 saturated heterocycles. The van der Waals surface area contributed by atoms with Gasteiger partial charge >= 0.3 is 18.3 Å². The summed E-state index contributed by atoms with van der Waals surface area (Å²) in [5.74, 6) is 0. The molecule has 0 radical (unpaired) electrons. The second-order valence-corrected chi connectivity index (χ2v) is 4.76. The average molecular weight is 325 g/mol. The molecule has 0 aliphatic carbocycles. The standard InChI is InChI=1S/C14H10F3N3O3/c1-7-10(6-18)11(20(13(22)23)12(21)19-7)8-3-2-4-9(5-8)14(15,16)17/h2-5,11H,1H3,(H,19,21)(H,22,23). The topological polar surface area (TPSA) is 93.4 Å². The normalized spacial score (nSPS) is 18.5. The van der Waals surface area contributed by atoms with Gasteiger partial charge in [-0.15, -0.1) is 0 Å². The van der Waals surface area contributed by atoms with Crippen LogP contribution >= 0.6 is 0 Å². The number of rotatable bonds is 1. The maximum Gasteiger partial charge on any atom is 0.416 e. The predicted molar refractivity (Wildman–Crippen MR) is 70.9 cm³/mol. The van der Waals surface area contributed by atoms with Crippen LogP contribution in [0, 0.1) is 11.3 Å². The second-order valence-electron chi connectivity index (χ2n) is 4.76. The Morgan fingerprint density at radius 1 is 1.43 bits per heavy atom. The van der Waals surface area contributed by atoms with Crippen LogP contribution in [0.2, 0.25) is 0 Å². The molecule has 1 aromatic rings. The van der Waals surface area contributed by atoms with Crippen molar-refractivity contribution in [1.82, 2.24) is 10.2 Å². The minimum absolute atomic E-state index is 0.0948. The van der Waals surface area contributed by atoms with Gasteiger partial charge in [-0.2, -0.15) is 18.4 Å². The molecule has 23 heavy (non-hydrogen) atoms. The van der Waals surface area contributed by atoms with Gasteiger partial charge in [-0.05, 0) is 24.6 Å². The van der Waals surface area contributed by atoms with Crippen LogP contribution in [-0.4, -0.2) is 22.1 Å². The molecule has 1 aromatic carbocycles. The van der Waals surface area contributed by atoms with E-state index < -0.39 is 29.9 Å². The van der Waals surface area contributed by atoms with E-state index in [4.69, 9.17) is 0 Å². The summed E-state index contributed by atoms with van der Waals surface area (Å²) in [6, 6.07) is 3.15. The largest absolute Gasteiger partial charge is 0.465 e. The lowest BCUT2D eigenvalue weighted by Gasteiger charge is -2.33. The van der Waals surface area contributed by atoms with Crippen LogP contribution in [0.1, 0.15) is 24.1 Å². The fraction of sp³-hybridized carbons (Fsp3) is 0.214. The molecule has 1 unspecified atom stereocenters. The molecule has 0 fully saturated rings. The number of allylic oxidation sites excluding steroid dienone is 1. The first-order valence-electron chi connectivity index (χ1n) is 6.28. The predicted octanol–water partition coefficient (Wildman–Crippen LogP) is 3.25. The number of carbonyl (C=O) groups excluding carboxylic acids is 1. The Hall–Kier alpha value is -3.02. The molecule has 0 bridgehead atoms. The molecule has 1 aliphatic heterocycles. The number of hydrogen-bond donors (Lipinski definition) is 2. The highest BCUT2D eigenvalue weighted by atomic mass is 19.4. The molecule has 0 aromatic heterocycles. The molecule has 0 spiro atoms. The van der Waals surface area contributed by atoms with Crippen LogP contribution in [0.4, 0.5) is 22.8 Å². The van der Waals surface area contributed by atoms with E-state index in [0.717, 1.165) is 18.2 Å². The SMILES string of the molecule is CC1=C(C#N)C(c2cccc(C(F)(F)F)c2)N(C(=O)O)C(=O)N1. The summed E-state index contributed by atoms with van der Waals surface area (Å²) in [5, 5.41) is 20.6. The molecule has 1 aliphatic rings. The van der Waals surface area contributed by atoms with Crippen LogP contribution < -0.4 is 5.32 Å². The molecule has 1 heterocycles. The Bertz CT molecular complexity index is 750. The number of nitrogens with zero attached hydrogens (tertiary/aromatic N) is 2. The van der Waals surface area contributed by atoms with Crippen LogP contribution in [0.5, 0.6) is 0 Å². The zero-order valence-corrected chi connectivity index (χ0v) is 11.7. The minimum atomic E-state index is -4.63. The quantitative estimate of drug-likeness (QED) is 0.829. The van der Waals surface area contributed by atoms with E-state index in [9.17, 15) is 33.1 Å². The molecule has 0 saturated carbocycles. The first-order valence-corrected chi connectivity index (χ1v) is 6.28. The fourth-order valence-corrected chi connectivity index (χ4v) is 2.28. The van der Waals surface area contributed by atoms with Crippen molar-refractivity contribution < 1.29 is 27.9 Å². The Morgan fingerprint density at radius 3 is 2.61 bits per heavy atom. The number of halogens is 3. The zero-order valence-electron chi connectivity index (χ0n) is 11.7. The molecule has 2 N–H and O–H groups in total. The van der Waals surface area contributed by atoms with E-state index in [0.29, 0.717) is 4.90 Å². The summed E-state index contributed by atoms with van der Waals surface area (Å²) in [6.07, 6.45) is -6.31. The number of urea groups is 1. The lowest BCUT2D eigenvalue weighted by atomic mass is 9.94. The first kappa shape index (κ1) is 16.4. The number of nitrogens with one attached hydrogen (secondary N) is 1. The molecule has 3 amide bonds. The number of hydrogen-bond acceptors (Lipinski definition) is 3. The summed E-state index contributed by atoms with van der Waals surface area (Å²) >= 11 is 0. The Kier molecular flexibility index (Phi) is 4.01. The number of carbonyl (C=O) groups is 2. The lowest BCUT2D eigenvalue weighted by Crippen LogP contribution is -2.49. The summed E-state index contributed by atoms with van der Waals surface area (Å²) in [7, 11) is 0. The van der Waals surface area contributed by atoms with E-state index in [1.165, 1.54) is 13.0 Å². The van der Waals surface area contributed by atoms with Gasteiger partial charge in [-0.25, -0.2) is 14.5 Å². The van der Waals surface area contributed by atoms with E-state index in [-0.39, 0.29) is 16.8 Å². The van der Waals surface area contributed by atoms with Crippen molar-refractivity contribution in [2.24, 2.45) is 0 Å². The van der Waals surface area contributed by atoms with Crippen LogP contribution in [0.3, 0.4) is 0 Å². The number of nitriles is 1. The molecular formula is C14H10F3N3O3. The minimum Gasteiger partial charge on any atom is -0.465 e. The van der Waals surface area contributed by atoms with Crippen LogP contribution in [0.25, 0.3) is 0 Å². The summed E-state index contributed by atoms with van der Waals surface area (Å²) < 4.78 is 38.5. The van der Waals surface area contributed by atoms with Gasteiger partial charge in [0.15, 0.2) is 0 Å². The first-order chi connectivity index (χ1) is 10.7. The Labute approximate surface area is 128 Å².